The molecule has 0 radical (unpaired) electrons. The average molecular weight is 167 g/mol. The summed E-state index contributed by atoms with van der Waals surface area (Å²) in [6.07, 6.45) is 3.89. The molecule has 1 heterocycles. The van der Waals surface area contributed by atoms with Gasteiger partial charge >= 0.3 is 0 Å². The lowest BCUT2D eigenvalue weighted by atomic mass is 10.2. The average Bonchev–Trinajstić information content (AvgIpc) is 2.37. The van der Waals surface area contributed by atoms with Gasteiger partial charge in [-0.2, -0.15) is 0 Å². The monoisotopic (exact) mass is 167 g/mol. The molecule has 1 aromatic rings. The maximum atomic E-state index is 4.26. The first-order chi connectivity index (χ1) is 5.74. The van der Waals surface area contributed by atoms with E-state index in [0.29, 0.717) is 5.92 Å². The van der Waals surface area contributed by atoms with Crippen LogP contribution >= 0.6 is 0 Å². The second-order valence-electron chi connectivity index (χ2n) is 3.42. The number of nitrogens with one attached hydrogen (secondary N) is 1. The third-order valence-electron chi connectivity index (χ3n) is 1.70. The van der Waals surface area contributed by atoms with Crippen LogP contribution in [0.1, 0.15) is 19.7 Å². The van der Waals surface area contributed by atoms with Crippen LogP contribution in [-0.2, 0) is 13.1 Å². The number of hydrogen-bond acceptors (Lipinski definition) is 2. The second-order valence-corrected chi connectivity index (χ2v) is 3.42. The molecule has 0 saturated carbocycles. The van der Waals surface area contributed by atoms with Gasteiger partial charge in [0.15, 0.2) is 0 Å². The fraction of sp³-hybridized carbons (Fsp3) is 0.667. The van der Waals surface area contributed by atoms with Crippen LogP contribution in [0.2, 0.25) is 0 Å². The summed E-state index contributed by atoms with van der Waals surface area (Å²) in [5, 5.41) is 3.10. The van der Waals surface area contributed by atoms with E-state index >= 15 is 0 Å². The van der Waals surface area contributed by atoms with Crippen molar-refractivity contribution in [3.8, 4) is 0 Å². The number of aromatic nitrogens is 2. The third kappa shape index (κ3) is 2.34. The fourth-order valence-corrected chi connectivity index (χ4v) is 1.22. The van der Waals surface area contributed by atoms with Crippen LogP contribution in [0.15, 0.2) is 12.4 Å². The molecule has 12 heavy (non-hydrogen) atoms. The Hall–Kier alpha value is -0.830. The van der Waals surface area contributed by atoms with Crippen molar-refractivity contribution < 1.29 is 0 Å². The van der Waals surface area contributed by atoms with Gasteiger partial charge in [-0.25, -0.2) is 4.98 Å². The summed E-state index contributed by atoms with van der Waals surface area (Å²) in [6.45, 7) is 6.32. The molecular weight excluding hydrogens is 150 g/mol. The van der Waals surface area contributed by atoms with E-state index in [1.165, 1.54) is 0 Å². The lowest BCUT2D eigenvalue weighted by Crippen LogP contribution is -2.14. The van der Waals surface area contributed by atoms with Crippen molar-refractivity contribution in [3.63, 3.8) is 0 Å². The molecular formula is C9H17N3. The summed E-state index contributed by atoms with van der Waals surface area (Å²) >= 11 is 0. The van der Waals surface area contributed by atoms with Crippen molar-refractivity contribution in [1.29, 1.82) is 0 Å². The first kappa shape index (κ1) is 9.26. The summed E-state index contributed by atoms with van der Waals surface area (Å²) < 4.78 is 2.20. The molecule has 1 rings (SSSR count). The van der Waals surface area contributed by atoms with E-state index in [1.54, 1.807) is 0 Å². The largest absolute Gasteiger partial charge is 0.334 e. The van der Waals surface area contributed by atoms with Crippen LogP contribution < -0.4 is 5.32 Å². The normalized spacial score (nSPS) is 11.0. The highest BCUT2D eigenvalue weighted by Gasteiger charge is 2.02. The smallest absolute Gasteiger partial charge is 0.122 e. The molecule has 1 aromatic heterocycles. The Kier molecular flexibility index (Phi) is 3.29. The van der Waals surface area contributed by atoms with E-state index in [-0.39, 0.29) is 0 Å². The number of nitrogens with zero attached hydrogens (tertiary/aromatic N) is 2. The van der Waals surface area contributed by atoms with Gasteiger partial charge in [0, 0.05) is 18.9 Å². The maximum absolute atomic E-state index is 4.26. The van der Waals surface area contributed by atoms with Crippen molar-refractivity contribution in [2.24, 2.45) is 5.92 Å². The van der Waals surface area contributed by atoms with Crippen LogP contribution in [0.4, 0.5) is 0 Å². The number of imidazole rings is 1. The second kappa shape index (κ2) is 4.26. The predicted octanol–water partition coefficient (Wildman–Crippen LogP) is 1.26. The molecule has 0 amide bonds. The van der Waals surface area contributed by atoms with E-state index in [9.17, 15) is 0 Å². The zero-order chi connectivity index (χ0) is 8.97. The SMILES string of the molecule is CNCc1nccn1CC(C)C. The summed E-state index contributed by atoms with van der Waals surface area (Å²) in [6, 6.07) is 0. The molecule has 3 nitrogen and oxygen atoms in total. The molecule has 1 N–H and O–H groups in total. The Morgan fingerprint density at radius 3 is 2.92 bits per heavy atom. The van der Waals surface area contributed by atoms with E-state index < -0.39 is 0 Å². The van der Waals surface area contributed by atoms with Crippen LogP contribution in [0, 0.1) is 5.92 Å². The van der Waals surface area contributed by atoms with Gasteiger partial charge in [-0.1, -0.05) is 13.8 Å². The first-order valence-corrected chi connectivity index (χ1v) is 4.38. The molecule has 0 saturated heterocycles. The minimum atomic E-state index is 0.676. The molecule has 0 fully saturated rings. The standard InChI is InChI=1S/C9H17N3/c1-8(2)7-12-5-4-11-9(12)6-10-3/h4-5,8,10H,6-7H2,1-3H3. The van der Waals surface area contributed by atoms with Crippen molar-refractivity contribution in [2.45, 2.75) is 26.9 Å². The highest BCUT2D eigenvalue weighted by molar-refractivity contribution is 4.91. The Morgan fingerprint density at radius 1 is 1.58 bits per heavy atom. The van der Waals surface area contributed by atoms with E-state index in [4.69, 9.17) is 0 Å². The van der Waals surface area contributed by atoms with Gasteiger partial charge in [0.2, 0.25) is 0 Å². The number of rotatable bonds is 4. The van der Waals surface area contributed by atoms with Gasteiger partial charge in [-0.05, 0) is 13.0 Å². The Balaban J connectivity index is 2.63. The van der Waals surface area contributed by atoms with Crippen molar-refractivity contribution in [1.82, 2.24) is 14.9 Å². The maximum Gasteiger partial charge on any atom is 0.122 e. The molecule has 0 aliphatic carbocycles. The van der Waals surface area contributed by atoms with Crippen LogP contribution in [0.5, 0.6) is 0 Å². The zero-order valence-electron chi connectivity index (χ0n) is 8.04. The van der Waals surface area contributed by atoms with Crippen molar-refractivity contribution >= 4 is 0 Å². The number of hydrogen-bond donors (Lipinski definition) is 1. The molecule has 0 aliphatic rings. The highest BCUT2D eigenvalue weighted by Crippen LogP contribution is 2.02. The highest BCUT2D eigenvalue weighted by atomic mass is 15.1. The molecule has 0 aromatic carbocycles. The van der Waals surface area contributed by atoms with Gasteiger partial charge < -0.3 is 9.88 Å². The summed E-state index contributed by atoms with van der Waals surface area (Å²) in [5.74, 6) is 1.79. The van der Waals surface area contributed by atoms with Crippen LogP contribution in [0.3, 0.4) is 0 Å². The Morgan fingerprint density at radius 2 is 2.33 bits per heavy atom. The lowest BCUT2D eigenvalue weighted by Gasteiger charge is -2.09. The Labute approximate surface area is 73.8 Å². The van der Waals surface area contributed by atoms with Crippen molar-refractivity contribution in [2.75, 3.05) is 7.05 Å². The van der Waals surface area contributed by atoms with Gasteiger partial charge in [0.1, 0.15) is 5.82 Å². The zero-order valence-corrected chi connectivity index (χ0v) is 8.04. The van der Waals surface area contributed by atoms with Gasteiger partial charge in [0.25, 0.3) is 0 Å². The van der Waals surface area contributed by atoms with E-state index in [1.807, 2.05) is 19.4 Å². The summed E-state index contributed by atoms with van der Waals surface area (Å²) in [4.78, 5) is 4.26. The van der Waals surface area contributed by atoms with E-state index in [0.717, 1.165) is 18.9 Å². The molecule has 0 bridgehead atoms. The topological polar surface area (TPSA) is 29.9 Å². The van der Waals surface area contributed by atoms with Crippen molar-refractivity contribution in [3.05, 3.63) is 18.2 Å². The summed E-state index contributed by atoms with van der Waals surface area (Å²) in [7, 11) is 1.94. The minimum absolute atomic E-state index is 0.676. The van der Waals surface area contributed by atoms with Gasteiger partial charge in [-0.15, -0.1) is 0 Å². The quantitative estimate of drug-likeness (QED) is 0.731. The van der Waals surface area contributed by atoms with Gasteiger partial charge in [0.05, 0.1) is 6.54 Å². The lowest BCUT2D eigenvalue weighted by molar-refractivity contribution is 0.501. The molecule has 3 heteroatoms. The predicted molar refractivity (Wildman–Crippen MR) is 49.8 cm³/mol. The molecule has 0 unspecified atom stereocenters. The fourth-order valence-electron chi connectivity index (χ4n) is 1.22. The van der Waals surface area contributed by atoms with Gasteiger partial charge in [-0.3, -0.25) is 0 Å². The third-order valence-corrected chi connectivity index (χ3v) is 1.70. The summed E-state index contributed by atoms with van der Waals surface area (Å²) in [5.41, 5.74) is 0. The van der Waals surface area contributed by atoms with Crippen LogP contribution in [0.25, 0.3) is 0 Å². The minimum Gasteiger partial charge on any atom is -0.334 e. The molecule has 0 spiro atoms. The van der Waals surface area contributed by atoms with Crippen LogP contribution in [-0.4, -0.2) is 16.6 Å². The first-order valence-electron chi connectivity index (χ1n) is 4.38. The molecule has 0 atom stereocenters. The molecule has 0 aliphatic heterocycles. The molecule has 68 valence electrons. The van der Waals surface area contributed by atoms with E-state index in [2.05, 4.69) is 28.7 Å². The Bertz CT molecular complexity index is 227.